The third-order valence-corrected chi connectivity index (χ3v) is 3.62. The molecule has 0 aliphatic carbocycles. The van der Waals surface area contributed by atoms with Gasteiger partial charge in [-0.25, -0.2) is 4.98 Å². The van der Waals surface area contributed by atoms with Gasteiger partial charge in [-0.2, -0.15) is 0 Å². The first kappa shape index (κ1) is 13.8. The van der Waals surface area contributed by atoms with Gasteiger partial charge in [0.2, 0.25) is 0 Å². The van der Waals surface area contributed by atoms with Gasteiger partial charge in [-0.1, -0.05) is 6.92 Å². The molecular formula is C14H18N2O2S. The Balaban J connectivity index is 1.71. The quantitative estimate of drug-likeness (QED) is 0.792. The highest BCUT2D eigenvalue weighted by Gasteiger charge is 2.09. The van der Waals surface area contributed by atoms with Crippen molar-refractivity contribution in [2.75, 3.05) is 6.54 Å². The van der Waals surface area contributed by atoms with E-state index >= 15 is 0 Å². The van der Waals surface area contributed by atoms with Gasteiger partial charge in [0.15, 0.2) is 0 Å². The maximum atomic E-state index is 11.8. The number of aromatic nitrogens is 1. The molecule has 0 aliphatic rings. The van der Waals surface area contributed by atoms with Crippen molar-refractivity contribution in [3.05, 3.63) is 40.2 Å². The van der Waals surface area contributed by atoms with Crippen LogP contribution in [0.25, 0.3) is 0 Å². The van der Waals surface area contributed by atoms with Gasteiger partial charge in [0, 0.05) is 18.3 Å². The molecule has 0 aromatic carbocycles. The van der Waals surface area contributed by atoms with E-state index in [0.29, 0.717) is 12.2 Å². The first-order valence-electron chi connectivity index (χ1n) is 6.54. The molecule has 2 aromatic rings. The normalized spacial score (nSPS) is 10.6. The largest absolute Gasteiger partial charge is 0.469 e. The Bertz CT molecular complexity index is 505. The van der Waals surface area contributed by atoms with Crippen LogP contribution in [0.5, 0.6) is 0 Å². The summed E-state index contributed by atoms with van der Waals surface area (Å²) in [6.45, 7) is 2.75. The lowest BCUT2D eigenvalue weighted by molar-refractivity contribution is 0.0948. The van der Waals surface area contributed by atoms with E-state index in [-0.39, 0.29) is 5.91 Å². The Morgan fingerprint density at radius 1 is 1.47 bits per heavy atom. The minimum atomic E-state index is -0.0851. The molecule has 102 valence electrons. The molecule has 0 radical (unpaired) electrons. The molecule has 0 saturated heterocycles. The smallest absolute Gasteiger partial charge is 0.270 e. The zero-order valence-corrected chi connectivity index (χ0v) is 11.8. The fraction of sp³-hybridized carbons (Fsp3) is 0.429. The number of carbonyl (C=O) groups excluding carboxylic acids is 1. The Kier molecular flexibility index (Phi) is 5.15. The summed E-state index contributed by atoms with van der Waals surface area (Å²) >= 11 is 1.55. The van der Waals surface area contributed by atoms with Gasteiger partial charge >= 0.3 is 0 Å². The van der Waals surface area contributed by atoms with Crippen LogP contribution < -0.4 is 5.32 Å². The predicted octanol–water partition coefficient (Wildman–Crippen LogP) is 3.05. The highest BCUT2D eigenvalue weighted by molar-refractivity contribution is 7.09. The fourth-order valence-electron chi connectivity index (χ4n) is 1.75. The number of rotatable bonds is 7. The van der Waals surface area contributed by atoms with Gasteiger partial charge in [0.25, 0.3) is 5.91 Å². The summed E-state index contributed by atoms with van der Waals surface area (Å²) in [6, 6.07) is 3.82. The van der Waals surface area contributed by atoms with E-state index in [0.717, 1.165) is 36.5 Å². The molecule has 0 bridgehead atoms. The van der Waals surface area contributed by atoms with Crippen LogP contribution in [0, 0.1) is 0 Å². The zero-order chi connectivity index (χ0) is 13.5. The van der Waals surface area contributed by atoms with Crippen LogP contribution in [0.3, 0.4) is 0 Å². The van der Waals surface area contributed by atoms with E-state index in [2.05, 4.69) is 17.2 Å². The SMILES string of the molecule is CCCc1nc(C(=O)NCCCc2ccco2)cs1. The lowest BCUT2D eigenvalue weighted by Gasteiger charge is -2.01. The summed E-state index contributed by atoms with van der Waals surface area (Å²) in [5.41, 5.74) is 0.534. The molecule has 0 atom stereocenters. The number of nitrogens with zero attached hydrogens (tertiary/aromatic N) is 1. The minimum Gasteiger partial charge on any atom is -0.469 e. The average Bonchev–Trinajstić information content (AvgIpc) is 3.06. The lowest BCUT2D eigenvalue weighted by atomic mass is 10.2. The van der Waals surface area contributed by atoms with Gasteiger partial charge in [0.1, 0.15) is 11.5 Å². The summed E-state index contributed by atoms with van der Waals surface area (Å²) in [5.74, 6) is 0.867. The van der Waals surface area contributed by atoms with Crippen molar-refractivity contribution in [2.24, 2.45) is 0 Å². The minimum absolute atomic E-state index is 0.0851. The van der Waals surface area contributed by atoms with Crippen LogP contribution in [0.2, 0.25) is 0 Å². The molecule has 2 rings (SSSR count). The van der Waals surface area contributed by atoms with Crippen molar-refractivity contribution in [1.29, 1.82) is 0 Å². The first-order chi connectivity index (χ1) is 9.29. The predicted molar refractivity (Wildman–Crippen MR) is 75.5 cm³/mol. The molecule has 0 spiro atoms. The van der Waals surface area contributed by atoms with Crippen molar-refractivity contribution >= 4 is 17.2 Å². The molecule has 0 saturated carbocycles. The van der Waals surface area contributed by atoms with Crippen molar-refractivity contribution < 1.29 is 9.21 Å². The number of hydrogen-bond acceptors (Lipinski definition) is 4. The number of furan rings is 1. The molecule has 5 heteroatoms. The highest BCUT2D eigenvalue weighted by Crippen LogP contribution is 2.11. The van der Waals surface area contributed by atoms with Gasteiger partial charge in [0.05, 0.1) is 11.3 Å². The van der Waals surface area contributed by atoms with Crippen LogP contribution in [0.15, 0.2) is 28.2 Å². The van der Waals surface area contributed by atoms with Crippen molar-refractivity contribution in [2.45, 2.75) is 32.6 Å². The maximum absolute atomic E-state index is 11.8. The third kappa shape index (κ3) is 4.21. The number of nitrogens with one attached hydrogen (secondary N) is 1. The molecule has 19 heavy (non-hydrogen) atoms. The second-order valence-electron chi connectivity index (χ2n) is 4.32. The fourth-order valence-corrected chi connectivity index (χ4v) is 2.63. The third-order valence-electron chi connectivity index (χ3n) is 2.71. The summed E-state index contributed by atoms with van der Waals surface area (Å²) in [7, 11) is 0. The second kappa shape index (κ2) is 7.09. The molecule has 4 nitrogen and oxygen atoms in total. The van der Waals surface area contributed by atoms with Crippen LogP contribution in [0.4, 0.5) is 0 Å². The van der Waals surface area contributed by atoms with E-state index in [4.69, 9.17) is 4.42 Å². The number of thiazole rings is 1. The van der Waals surface area contributed by atoms with Gasteiger partial charge in [-0.15, -0.1) is 11.3 Å². The van der Waals surface area contributed by atoms with Gasteiger partial charge in [-0.05, 0) is 31.4 Å². The maximum Gasteiger partial charge on any atom is 0.270 e. The van der Waals surface area contributed by atoms with Crippen LogP contribution >= 0.6 is 11.3 Å². The average molecular weight is 278 g/mol. The van der Waals surface area contributed by atoms with E-state index in [9.17, 15) is 4.79 Å². The lowest BCUT2D eigenvalue weighted by Crippen LogP contribution is -2.25. The number of carbonyl (C=O) groups is 1. The van der Waals surface area contributed by atoms with E-state index in [1.165, 1.54) is 0 Å². The number of aryl methyl sites for hydroxylation is 2. The molecule has 1 amide bonds. The summed E-state index contributed by atoms with van der Waals surface area (Å²) in [4.78, 5) is 16.1. The molecule has 2 aromatic heterocycles. The Morgan fingerprint density at radius 3 is 3.11 bits per heavy atom. The topological polar surface area (TPSA) is 55.1 Å². The van der Waals surface area contributed by atoms with E-state index in [1.54, 1.807) is 17.6 Å². The molecular weight excluding hydrogens is 260 g/mol. The van der Waals surface area contributed by atoms with E-state index in [1.807, 2.05) is 17.5 Å². The Hall–Kier alpha value is -1.62. The Morgan fingerprint density at radius 2 is 2.37 bits per heavy atom. The molecule has 0 unspecified atom stereocenters. The first-order valence-corrected chi connectivity index (χ1v) is 7.42. The van der Waals surface area contributed by atoms with Gasteiger partial charge < -0.3 is 9.73 Å². The van der Waals surface area contributed by atoms with Crippen LogP contribution in [-0.4, -0.2) is 17.4 Å². The monoisotopic (exact) mass is 278 g/mol. The number of hydrogen-bond donors (Lipinski definition) is 1. The van der Waals surface area contributed by atoms with Crippen molar-refractivity contribution in [1.82, 2.24) is 10.3 Å². The summed E-state index contributed by atoms with van der Waals surface area (Å²) in [6.07, 6.45) is 5.36. The second-order valence-corrected chi connectivity index (χ2v) is 5.26. The van der Waals surface area contributed by atoms with E-state index < -0.39 is 0 Å². The molecule has 2 heterocycles. The summed E-state index contributed by atoms with van der Waals surface area (Å²) < 4.78 is 5.23. The van der Waals surface area contributed by atoms with Crippen LogP contribution in [-0.2, 0) is 12.8 Å². The molecule has 1 N–H and O–H groups in total. The number of amides is 1. The van der Waals surface area contributed by atoms with Gasteiger partial charge in [-0.3, -0.25) is 4.79 Å². The van der Waals surface area contributed by atoms with Crippen molar-refractivity contribution in [3.8, 4) is 0 Å². The van der Waals surface area contributed by atoms with Crippen LogP contribution in [0.1, 0.15) is 41.0 Å². The highest BCUT2D eigenvalue weighted by atomic mass is 32.1. The standard InChI is InChI=1S/C14H18N2O2S/c1-2-5-13-16-12(10-19-13)14(17)15-8-3-6-11-7-4-9-18-11/h4,7,9-10H,2-3,5-6,8H2,1H3,(H,15,17). The zero-order valence-electron chi connectivity index (χ0n) is 11.0. The molecule has 0 fully saturated rings. The summed E-state index contributed by atoms with van der Waals surface area (Å²) in [5, 5.41) is 5.74. The molecule has 0 aliphatic heterocycles. The Labute approximate surface area is 116 Å². The van der Waals surface area contributed by atoms with Crippen molar-refractivity contribution in [3.63, 3.8) is 0 Å².